The van der Waals surface area contributed by atoms with E-state index in [0.717, 1.165) is 13.0 Å². The number of anilines is 1. The normalized spacial score (nSPS) is 23.9. The van der Waals surface area contributed by atoms with Gasteiger partial charge in [0.1, 0.15) is 0 Å². The van der Waals surface area contributed by atoms with E-state index in [4.69, 9.17) is 4.74 Å². The zero-order chi connectivity index (χ0) is 12.1. The monoisotopic (exact) mass is 251 g/mol. The lowest BCUT2D eigenvalue weighted by atomic mass is 10.1. The SMILES string of the molecule is COCCc1ccccc1NC1CCSC1C. The number of nitrogens with one attached hydrogen (secondary N) is 1. The summed E-state index contributed by atoms with van der Waals surface area (Å²) in [6, 6.07) is 9.19. The molecule has 1 aliphatic heterocycles. The van der Waals surface area contributed by atoms with E-state index < -0.39 is 0 Å². The van der Waals surface area contributed by atoms with Gasteiger partial charge in [-0.2, -0.15) is 11.8 Å². The van der Waals surface area contributed by atoms with Gasteiger partial charge in [-0.25, -0.2) is 0 Å². The van der Waals surface area contributed by atoms with Crippen LogP contribution in [0.3, 0.4) is 0 Å². The average Bonchev–Trinajstić information content (AvgIpc) is 2.74. The van der Waals surface area contributed by atoms with Crippen molar-refractivity contribution in [2.45, 2.75) is 31.1 Å². The largest absolute Gasteiger partial charge is 0.384 e. The van der Waals surface area contributed by atoms with Crippen molar-refractivity contribution < 1.29 is 4.74 Å². The number of benzene rings is 1. The molecule has 1 aromatic carbocycles. The van der Waals surface area contributed by atoms with Gasteiger partial charge in [-0.05, 0) is 30.2 Å². The number of hydrogen-bond donors (Lipinski definition) is 1. The van der Waals surface area contributed by atoms with Crippen molar-refractivity contribution in [1.82, 2.24) is 0 Å². The van der Waals surface area contributed by atoms with Crippen LogP contribution in [-0.4, -0.2) is 30.8 Å². The van der Waals surface area contributed by atoms with E-state index in [1.54, 1.807) is 7.11 Å². The first kappa shape index (κ1) is 12.8. The number of rotatable bonds is 5. The maximum absolute atomic E-state index is 5.16. The van der Waals surface area contributed by atoms with Gasteiger partial charge in [-0.3, -0.25) is 0 Å². The molecule has 1 heterocycles. The van der Waals surface area contributed by atoms with Gasteiger partial charge in [-0.15, -0.1) is 0 Å². The molecule has 0 saturated carbocycles. The Balaban J connectivity index is 2.03. The molecule has 1 aliphatic rings. The predicted octanol–water partition coefficient (Wildman–Crippen LogP) is 3.18. The van der Waals surface area contributed by atoms with Gasteiger partial charge >= 0.3 is 0 Å². The standard InChI is InChI=1S/C14H21NOS/c1-11-13(8-10-17-11)15-14-6-4-3-5-12(14)7-9-16-2/h3-6,11,13,15H,7-10H2,1-2H3. The second-order valence-electron chi connectivity index (χ2n) is 4.52. The molecule has 0 spiro atoms. The van der Waals surface area contributed by atoms with Gasteiger partial charge in [0.05, 0.1) is 6.61 Å². The zero-order valence-corrected chi connectivity index (χ0v) is 11.4. The first-order valence-electron chi connectivity index (χ1n) is 6.26. The molecule has 17 heavy (non-hydrogen) atoms. The third-order valence-corrected chi connectivity index (χ3v) is 4.64. The Kier molecular flexibility index (Phi) is 4.75. The molecule has 1 saturated heterocycles. The highest BCUT2D eigenvalue weighted by atomic mass is 32.2. The first-order valence-corrected chi connectivity index (χ1v) is 7.31. The molecule has 2 unspecified atom stereocenters. The summed E-state index contributed by atoms with van der Waals surface area (Å²) in [6.07, 6.45) is 2.25. The van der Waals surface area contributed by atoms with Crippen LogP contribution in [0.25, 0.3) is 0 Å². The van der Waals surface area contributed by atoms with Gasteiger partial charge in [0.25, 0.3) is 0 Å². The summed E-state index contributed by atoms with van der Waals surface area (Å²) >= 11 is 2.06. The molecule has 2 nitrogen and oxygen atoms in total. The lowest BCUT2D eigenvalue weighted by Crippen LogP contribution is -2.25. The van der Waals surface area contributed by atoms with Gasteiger partial charge in [0.15, 0.2) is 0 Å². The molecule has 94 valence electrons. The highest BCUT2D eigenvalue weighted by Gasteiger charge is 2.24. The Morgan fingerprint density at radius 1 is 1.41 bits per heavy atom. The fourth-order valence-electron chi connectivity index (χ4n) is 2.21. The van der Waals surface area contributed by atoms with Crippen LogP contribution in [0.5, 0.6) is 0 Å². The van der Waals surface area contributed by atoms with Crippen LogP contribution in [0.15, 0.2) is 24.3 Å². The zero-order valence-electron chi connectivity index (χ0n) is 10.6. The van der Waals surface area contributed by atoms with Gasteiger partial charge in [0, 0.05) is 24.1 Å². The topological polar surface area (TPSA) is 21.3 Å². The number of methoxy groups -OCH3 is 1. The summed E-state index contributed by atoms with van der Waals surface area (Å²) in [6.45, 7) is 3.10. The summed E-state index contributed by atoms with van der Waals surface area (Å²) in [5.41, 5.74) is 2.64. The van der Waals surface area contributed by atoms with Crippen LogP contribution in [-0.2, 0) is 11.2 Å². The summed E-state index contributed by atoms with van der Waals surface area (Å²) in [5.74, 6) is 1.28. The van der Waals surface area contributed by atoms with Crippen molar-refractivity contribution >= 4 is 17.4 Å². The van der Waals surface area contributed by atoms with E-state index in [0.29, 0.717) is 11.3 Å². The van der Waals surface area contributed by atoms with Gasteiger partial charge in [-0.1, -0.05) is 25.1 Å². The first-order chi connectivity index (χ1) is 8.31. The molecule has 1 aromatic rings. The van der Waals surface area contributed by atoms with E-state index in [1.165, 1.54) is 23.4 Å². The number of thioether (sulfide) groups is 1. The lowest BCUT2D eigenvalue weighted by Gasteiger charge is -2.20. The molecule has 0 radical (unpaired) electrons. The highest BCUT2D eigenvalue weighted by Crippen LogP contribution is 2.29. The van der Waals surface area contributed by atoms with Crippen molar-refractivity contribution in [2.75, 3.05) is 24.8 Å². The van der Waals surface area contributed by atoms with Crippen molar-refractivity contribution in [2.24, 2.45) is 0 Å². The minimum atomic E-state index is 0.615. The maximum Gasteiger partial charge on any atom is 0.0503 e. The molecule has 0 bridgehead atoms. The number of para-hydroxylation sites is 1. The average molecular weight is 251 g/mol. The molecule has 1 N–H and O–H groups in total. The highest BCUT2D eigenvalue weighted by molar-refractivity contribution is 8.00. The van der Waals surface area contributed by atoms with Gasteiger partial charge < -0.3 is 10.1 Å². The third kappa shape index (κ3) is 3.39. The molecular weight excluding hydrogens is 230 g/mol. The Bertz CT molecular complexity index is 356. The lowest BCUT2D eigenvalue weighted by molar-refractivity contribution is 0.202. The van der Waals surface area contributed by atoms with E-state index in [-0.39, 0.29) is 0 Å². The Morgan fingerprint density at radius 2 is 2.24 bits per heavy atom. The van der Waals surface area contributed by atoms with E-state index in [2.05, 4.69) is 48.3 Å². The summed E-state index contributed by atoms with van der Waals surface area (Å²) in [5, 5.41) is 4.41. The van der Waals surface area contributed by atoms with E-state index in [1.807, 2.05) is 0 Å². The fourth-order valence-corrected chi connectivity index (χ4v) is 3.41. The van der Waals surface area contributed by atoms with Crippen LogP contribution in [0, 0.1) is 0 Å². The van der Waals surface area contributed by atoms with Gasteiger partial charge in [0.2, 0.25) is 0 Å². The van der Waals surface area contributed by atoms with Crippen molar-refractivity contribution in [1.29, 1.82) is 0 Å². The quantitative estimate of drug-likeness (QED) is 0.868. The maximum atomic E-state index is 5.16. The molecule has 3 heteroatoms. The Hall–Kier alpha value is -0.670. The minimum absolute atomic E-state index is 0.615. The molecule has 0 aliphatic carbocycles. The van der Waals surface area contributed by atoms with Crippen molar-refractivity contribution in [3.63, 3.8) is 0 Å². The summed E-state index contributed by atoms with van der Waals surface area (Å²) in [4.78, 5) is 0. The molecule has 1 fully saturated rings. The Labute approximate surface area is 108 Å². The van der Waals surface area contributed by atoms with Crippen LogP contribution in [0.2, 0.25) is 0 Å². The van der Waals surface area contributed by atoms with Crippen LogP contribution in [0.4, 0.5) is 5.69 Å². The molecular formula is C14H21NOS. The minimum Gasteiger partial charge on any atom is -0.384 e. The number of ether oxygens (including phenoxy) is 1. The second kappa shape index (κ2) is 6.31. The second-order valence-corrected chi connectivity index (χ2v) is 6.00. The smallest absolute Gasteiger partial charge is 0.0503 e. The summed E-state index contributed by atoms with van der Waals surface area (Å²) in [7, 11) is 1.76. The molecule has 2 atom stereocenters. The number of hydrogen-bond acceptors (Lipinski definition) is 3. The van der Waals surface area contributed by atoms with E-state index >= 15 is 0 Å². The van der Waals surface area contributed by atoms with Crippen LogP contribution < -0.4 is 5.32 Å². The Morgan fingerprint density at radius 3 is 2.94 bits per heavy atom. The fraction of sp³-hybridized carbons (Fsp3) is 0.571. The summed E-state index contributed by atoms with van der Waals surface area (Å²) < 4.78 is 5.16. The third-order valence-electron chi connectivity index (χ3n) is 3.31. The molecule has 2 rings (SSSR count). The molecule has 0 aromatic heterocycles. The van der Waals surface area contributed by atoms with Crippen molar-refractivity contribution in [3.8, 4) is 0 Å². The predicted molar refractivity (Wildman–Crippen MR) is 76.0 cm³/mol. The van der Waals surface area contributed by atoms with Crippen LogP contribution in [0.1, 0.15) is 18.9 Å². The van der Waals surface area contributed by atoms with Crippen LogP contribution >= 0.6 is 11.8 Å². The van der Waals surface area contributed by atoms with E-state index in [9.17, 15) is 0 Å². The molecule has 0 amide bonds. The van der Waals surface area contributed by atoms with Crippen molar-refractivity contribution in [3.05, 3.63) is 29.8 Å².